The summed E-state index contributed by atoms with van der Waals surface area (Å²) in [5, 5.41) is 0. The zero-order valence-corrected chi connectivity index (χ0v) is 24.1. The maximum absolute atomic E-state index is 14.6. The van der Waals surface area contributed by atoms with E-state index in [4.69, 9.17) is 4.18 Å². The molecule has 200 valence electrons. The Morgan fingerprint density at radius 3 is 1.24 bits per heavy atom. The highest BCUT2D eigenvalue weighted by Crippen LogP contribution is 2.71. The molecule has 0 saturated heterocycles. The van der Waals surface area contributed by atoms with Crippen molar-refractivity contribution in [3.05, 3.63) is 89.5 Å². The van der Waals surface area contributed by atoms with Crippen molar-refractivity contribution in [3.8, 4) is 0 Å². The van der Waals surface area contributed by atoms with Crippen LogP contribution in [0.2, 0.25) is 0 Å². The number of carbonyl (C=O) groups excluding carboxylic acids is 1. The molecule has 0 heterocycles. The lowest BCUT2D eigenvalue weighted by Crippen LogP contribution is -2.50. The van der Waals surface area contributed by atoms with E-state index >= 15 is 0 Å². The molecule has 0 spiro atoms. The zero-order chi connectivity index (χ0) is 26.3. The number of carbonyl (C=O) groups is 1. The van der Waals surface area contributed by atoms with E-state index in [2.05, 4.69) is 93.6 Å². The number of hydrogen-bond acceptors (Lipinski definition) is 2. The average Bonchev–Trinajstić information content (AvgIpc) is 2.95. The molecule has 0 atom stereocenters. The van der Waals surface area contributed by atoms with E-state index in [9.17, 15) is 4.79 Å². The second kappa shape index (κ2) is 10.2. The molecule has 0 aromatic heterocycles. The van der Waals surface area contributed by atoms with Gasteiger partial charge in [0.2, 0.25) is 0 Å². The minimum Gasteiger partial charge on any atom is -0.402 e. The van der Waals surface area contributed by atoms with Crippen molar-refractivity contribution in [2.24, 2.45) is 23.2 Å². The third kappa shape index (κ3) is 4.41. The standard InChI is InChI=1S/C35H42O2S/c1-4-25-7-13-31(14-8-25)38(32-15-9-26(5-2)10-16-32,33-17-11-27(6-3)12-18-33)37-34(36)35-22-28-19-29(23-35)21-30(20-28)24-35/h7-18,28-30H,4-6,19-24H2,1-3H3. The number of hydrogen-bond donors (Lipinski definition) is 0. The molecule has 0 aliphatic heterocycles. The van der Waals surface area contributed by atoms with Crippen molar-refractivity contribution < 1.29 is 8.98 Å². The van der Waals surface area contributed by atoms with Crippen LogP contribution in [0.4, 0.5) is 0 Å². The Morgan fingerprint density at radius 2 is 0.947 bits per heavy atom. The Labute approximate surface area is 230 Å². The number of benzene rings is 3. The van der Waals surface area contributed by atoms with Crippen molar-refractivity contribution in [1.82, 2.24) is 0 Å². The van der Waals surface area contributed by atoms with E-state index in [1.165, 1.54) is 36.0 Å². The zero-order valence-electron chi connectivity index (χ0n) is 23.2. The Hall–Kier alpha value is -2.52. The first-order chi connectivity index (χ1) is 18.5. The summed E-state index contributed by atoms with van der Waals surface area (Å²) in [4.78, 5) is 17.9. The first-order valence-electron chi connectivity index (χ1n) is 14.8. The van der Waals surface area contributed by atoms with Gasteiger partial charge >= 0.3 is 5.97 Å². The van der Waals surface area contributed by atoms with Gasteiger partial charge in [-0.3, -0.25) is 4.79 Å². The van der Waals surface area contributed by atoms with Gasteiger partial charge in [-0.25, -0.2) is 0 Å². The molecule has 4 aliphatic carbocycles. The molecular weight excluding hydrogens is 484 g/mol. The predicted molar refractivity (Wildman–Crippen MR) is 157 cm³/mol. The van der Waals surface area contributed by atoms with Gasteiger partial charge in [0.1, 0.15) is 0 Å². The van der Waals surface area contributed by atoms with Gasteiger partial charge in [-0.2, -0.15) is 0 Å². The van der Waals surface area contributed by atoms with Gasteiger partial charge in [-0.05, 0) is 139 Å². The van der Waals surface area contributed by atoms with Crippen LogP contribution in [-0.2, 0) is 28.2 Å². The molecule has 0 unspecified atom stereocenters. The predicted octanol–water partition coefficient (Wildman–Crippen LogP) is 9.33. The maximum atomic E-state index is 14.6. The molecule has 3 aromatic rings. The average molecular weight is 527 g/mol. The summed E-state index contributed by atoms with van der Waals surface area (Å²) in [5.74, 6) is 2.17. The van der Waals surface area contributed by atoms with E-state index in [0.717, 1.165) is 53.2 Å². The van der Waals surface area contributed by atoms with Crippen LogP contribution in [0.1, 0.15) is 76.0 Å². The van der Waals surface area contributed by atoms with Crippen molar-refractivity contribution in [3.63, 3.8) is 0 Å². The van der Waals surface area contributed by atoms with Crippen LogP contribution >= 0.6 is 10.3 Å². The topological polar surface area (TPSA) is 26.3 Å². The van der Waals surface area contributed by atoms with Gasteiger partial charge in [0.05, 0.1) is 5.41 Å². The minimum absolute atomic E-state index is 0.0605. The third-order valence-corrected chi connectivity index (χ3v) is 12.9. The second-order valence-electron chi connectivity index (χ2n) is 12.1. The molecule has 4 bridgehead atoms. The number of aryl methyl sites for hydroxylation is 3. The van der Waals surface area contributed by atoms with Crippen LogP contribution in [-0.4, -0.2) is 5.97 Å². The van der Waals surface area contributed by atoms with E-state index in [1.54, 1.807) is 0 Å². The number of rotatable bonds is 8. The van der Waals surface area contributed by atoms with Gasteiger partial charge in [-0.15, -0.1) is 0 Å². The summed E-state index contributed by atoms with van der Waals surface area (Å²) in [6.45, 7) is 6.57. The lowest BCUT2D eigenvalue weighted by atomic mass is 9.49. The molecule has 7 rings (SSSR count). The molecule has 0 amide bonds. The van der Waals surface area contributed by atoms with Gasteiger partial charge in [0, 0.05) is 14.7 Å². The van der Waals surface area contributed by atoms with E-state index in [-0.39, 0.29) is 11.4 Å². The SMILES string of the molecule is CCc1ccc(S(OC(=O)C23CC4CC(CC(C4)C2)C3)(c2ccc(CC)cc2)c2ccc(CC)cc2)cc1. The van der Waals surface area contributed by atoms with E-state index in [0.29, 0.717) is 17.8 Å². The van der Waals surface area contributed by atoms with Crippen LogP contribution in [0.15, 0.2) is 87.5 Å². The highest BCUT2D eigenvalue weighted by Gasteiger charge is 2.57. The van der Waals surface area contributed by atoms with Crippen molar-refractivity contribution in [2.45, 2.75) is 93.2 Å². The van der Waals surface area contributed by atoms with Crippen molar-refractivity contribution in [1.29, 1.82) is 0 Å². The Balaban J connectivity index is 1.51. The highest BCUT2D eigenvalue weighted by molar-refractivity contribution is 8.30. The maximum Gasteiger partial charge on any atom is 0.323 e. The van der Waals surface area contributed by atoms with Gasteiger partial charge < -0.3 is 4.18 Å². The van der Waals surface area contributed by atoms with E-state index < -0.39 is 10.3 Å². The van der Waals surface area contributed by atoms with Crippen LogP contribution in [0.25, 0.3) is 0 Å². The molecule has 4 saturated carbocycles. The third-order valence-electron chi connectivity index (χ3n) is 9.66. The monoisotopic (exact) mass is 526 g/mol. The van der Waals surface area contributed by atoms with Crippen LogP contribution in [0, 0.1) is 23.2 Å². The molecule has 38 heavy (non-hydrogen) atoms. The van der Waals surface area contributed by atoms with Gasteiger partial charge in [-0.1, -0.05) is 57.2 Å². The first-order valence-corrected chi connectivity index (χ1v) is 16.4. The summed E-state index contributed by atoms with van der Waals surface area (Å²) in [7, 11) is -2.25. The van der Waals surface area contributed by atoms with Crippen LogP contribution in [0.3, 0.4) is 0 Å². The molecule has 3 heteroatoms. The summed E-state index contributed by atoms with van der Waals surface area (Å²) in [6, 6.07) is 26.7. The summed E-state index contributed by atoms with van der Waals surface area (Å²) < 4.78 is 7.15. The molecule has 0 radical (unpaired) electrons. The fourth-order valence-electron chi connectivity index (χ4n) is 7.87. The molecular formula is C35H42O2S. The summed E-state index contributed by atoms with van der Waals surface area (Å²) >= 11 is 0. The fraction of sp³-hybridized carbons (Fsp3) is 0.457. The lowest BCUT2D eigenvalue weighted by Gasteiger charge is -2.56. The largest absolute Gasteiger partial charge is 0.402 e. The van der Waals surface area contributed by atoms with Crippen LogP contribution < -0.4 is 0 Å². The molecule has 3 aromatic carbocycles. The Kier molecular flexibility index (Phi) is 6.93. The van der Waals surface area contributed by atoms with Crippen LogP contribution in [0.5, 0.6) is 0 Å². The molecule has 4 aliphatic rings. The smallest absolute Gasteiger partial charge is 0.323 e. The highest BCUT2D eigenvalue weighted by atomic mass is 32.3. The second-order valence-corrected chi connectivity index (χ2v) is 14.8. The summed E-state index contributed by atoms with van der Waals surface area (Å²) in [5.41, 5.74) is 3.61. The first kappa shape index (κ1) is 25.7. The normalized spacial score (nSPS) is 26.3. The fourth-order valence-corrected chi connectivity index (χ4v) is 10.9. The summed E-state index contributed by atoms with van der Waals surface area (Å²) in [6.07, 6.45) is 9.99. The Morgan fingerprint density at radius 1 is 0.632 bits per heavy atom. The van der Waals surface area contributed by atoms with E-state index in [1.807, 2.05) is 0 Å². The van der Waals surface area contributed by atoms with Gasteiger partial charge in [0.25, 0.3) is 0 Å². The lowest BCUT2D eigenvalue weighted by molar-refractivity contribution is -0.160. The van der Waals surface area contributed by atoms with Crippen molar-refractivity contribution in [2.75, 3.05) is 0 Å². The quantitative estimate of drug-likeness (QED) is 0.292. The minimum atomic E-state index is -2.25. The molecule has 4 fully saturated rings. The Bertz CT molecular complexity index is 1120. The molecule has 2 nitrogen and oxygen atoms in total. The van der Waals surface area contributed by atoms with Gasteiger partial charge in [0.15, 0.2) is 0 Å². The molecule has 0 N–H and O–H groups in total. The van der Waals surface area contributed by atoms with Crippen molar-refractivity contribution >= 4 is 16.3 Å².